The summed E-state index contributed by atoms with van der Waals surface area (Å²) in [4.78, 5) is 14.7. The van der Waals surface area contributed by atoms with Gasteiger partial charge in [-0.25, -0.2) is 13.1 Å². The summed E-state index contributed by atoms with van der Waals surface area (Å²) in [5, 5.41) is 4.28. The monoisotopic (exact) mass is 338 g/mol. The zero-order valence-electron chi connectivity index (χ0n) is 13.2. The molecule has 1 aromatic heterocycles. The van der Waals surface area contributed by atoms with Crippen molar-refractivity contribution in [3.63, 3.8) is 0 Å². The summed E-state index contributed by atoms with van der Waals surface area (Å²) in [6, 6.07) is 1.75. The molecule has 8 heteroatoms. The van der Waals surface area contributed by atoms with Gasteiger partial charge in [0, 0.05) is 30.9 Å². The standard InChI is InChI=1S/C15H22N4O3S/c1-23(21,22)17-10-13-7-9-19-14(6-8-16-19)11-18(13)15(20)12-4-2-3-5-12/h4,6,8,13,17H,2-3,5,7,9-11H2,1H3/t13-/m1/s1. The first-order chi connectivity index (χ1) is 10.9. The predicted octanol–water partition coefficient (Wildman–Crippen LogP) is 0.643. The van der Waals surface area contributed by atoms with Crippen LogP contribution >= 0.6 is 0 Å². The van der Waals surface area contributed by atoms with Gasteiger partial charge in [0.1, 0.15) is 0 Å². The maximum absolute atomic E-state index is 12.9. The molecule has 1 aliphatic heterocycles. The molecule has 1 aliphatic carbocycles. The zero-order valence-corrected chi connectivity index (χ0v) is 14.1. The summed E-state index contributed by atoms with van der Waals surface area (Å²) in [7, 11) is -3.28. The van der Waals surface area contributed by atoms with Crippen LogP contribution < -0.4 is 4.72 Å². The number of rotatable bonds is 4. The van der Waals surface area contributed by atoms with E-state index in [4.69, 9.17) is 0 Å². The predicted molar refractivity (Wildman–Crippen MR) is 86.0 cm³/mol. The Kier molecular flexibility index (Phi) is 4.54. The van der Waals surface area contributed by atoms with Crippen molar-refractivity contribution in [2.45, 2.75) is 44.8 Å². The lowest BCUT2D eigenvalue weighted by atomic mass is 10.1. The molecule has 2 aliphatic rings. The lowest BCUT2D eigenvalue weighted by molar-refractivity contribution is -0.130. The summed E-state index contributed by atoms with van der Waals surface area (Å²) < 4.78 is 27.3. The molecule has 3 rings (SSSR count). The molecule has 0 bridgehead atoms. The molecule has 1 amide bonds. The summed E-state index contributed by atoms with van der Waals surface area (Å²) in [6.45, 7) is 1.39. The van der Waals surface area contributed by atoms with Crippen LogP contribution in [0.1, 0.15) is 31.4 Å². The van der Waals surface area contributed by atoms with Crippen LogP contribution in [0.5, 0.6) is 0 Å². The average molecular weight is 338 g/mol. The highest BCUT2D eigenvalue weighted by atomic mass is 32.2. The minimum atomic E-state index is -3.28. The normalized spacial score (nSPS) is 21.7. The number of amides is 1. The molecule has 0 unspecified atom stereocenters. The number of nitrogens with zero attached hydrogens (tertiary/aromatic N) is 3. The first-order valence-electron chi connectivity index (χ1n) is 7.89. The lowest BCUT2D eigenvalue weighted by Gasteiger charge is -2.30. The Morgan fingerprint density at radius 1 is 1.48 bits per heavy atom. The third kappa shape index (κ3) is 3.81. The van der Waals surface area contributed by atoms with E-state index in [2.05, 4.69) is 9.82 Å². The van der Waals surface area contributed by atoms with Crippen LogP contribution in [0.25, 0.3) is 0 Å². The molecule has 7 nitrogen and oxygen atoms in total. The second-order valence-corrected chi connectivity index (χ2v) is 8.00. The molecule has 1 aromatic rings. The van der Waals surface area contributed by atoms with E-state index >= 15 is 0 Å². The summed E-state index contributed by atoms with van der Waals surface area (Å²) in [5.41, 5.74) is 1.83. The van der Waals surface area contributed by atoms with E-state index < -0.39 is 10.0 Å². The van der Waals surface area contributed by atoms with Gasteiger partial charge in [-0.3, -0.25) is 9.48 Å². The van der Waals surface area contributed by atoms with Gasteiger partial charge in [0.15, 0.2) is 0 Å². The molecule has 1 N–H and O–H groups in total. The topological polar surface area (TPSA) is 84.3 Å². The van der Waals surface area contributed by atoms with Crippen molar-refractivity contribution in [3.8, 4) is 0 Å². The van der Waals surface area contributed by atoms with E-state index in [-0.39, 0.29) is 18.5 Å². The molecule has 0 spiro atoms. The third-order valence-corrected chi connectivity index (χ3v) is 5.10. The van der Waals surface area contributed by atoms with Crippen LogP contribution in [0.15, 0.2) is 23.9 Å². The highest BCUT2D eigenvalue weighted by Gasteiger charge is 2.30. The Morgan fingerprint density at radius 3 is 3.00 bits per heavy atom. The van der Waals surface area contributed by atoms with Crippen molar-refractivity contribution < 1.29 is 13.2 Å². The molecule has 126 valence electrons. The van der Waals surface area contributed by atoms with Crippen molar-refractivity contribution in [3.05, 3.63) is 29.6 Å². The quantitative estimate of drug-likeness (QED) is 0.873. The first kappa shape index (κ1) is 16.2. The van der Waals surface area contributed by atoms with E-state index in [1.807, 2.05) is 16.8 Å². The van der Waals surface area contributed by atoms with Gasteiger partial charge in [-0.1, -0.05) is 6.08 Å². The minimum Gasteiger partial charge on any atom is -0.329 e. The maximum Gasteiger partial charge on any atom is 0.250 e. The van der Waals surface area contributed by atoms with Crippen LogP contribution in [0.3, 0.4) is 0 Å². The number of carbonyl (C=O) groups is 1. The molecule has 2 heterocycles. The number of carbonyl (C=O) groups excluding carboxylic acids is 1. The second-order valence-electron chi connectivity index (χ2n) is 6.16. The molecule has 23 heavy (non-hydrogen) atoms. The fourth-order valence-electron chi connectivity index (χ4n) is 3.17. The van der Waals surface area contributed by atoms with Crippen LogP contribution in [-0.4, -0.2) is 47.8 Å². The van der Waals surface area contributed by atoms with Crippen molar-refractivity contribution in [1.29, 1.82) is 0 Å². The molecule has 0 radical (unpaired) electrons. The fourth-order valence-corrected chi connectivity index (χ4v) is 3.67. The zero-order chi connectivity index (χ0) is 16.4. The van der Waals surface area contributed by atoms with Crippen molar-refractivity contribution in [2.24, 2.45) is 0 Å². The first-order valence-corrected chi connectivity index (χ1v) is 9.78. The van der Waals surface area contributed by atoms with Gasteiger partial charge in [0.2, 0.25) is 15.9 Å². The largest absolute Gasteiger partial charge is 0.329 e. The number of fused-ring (bicyclic) bond motifs is 1. The second kappa shape index (κ2) is 6.45. The number of sulfonamides is 1. The summed E-state index contributed by atoms with van der Waals surface area (Å²) in [5.74, 6) is 0.0254. The Balaban J connectivity index is 1.83. The Bertz CT molecular complexity index is 723. The lowest BCUT2D eigenvalue weighted by Crippen LogP contribution is -2.46. The van der Waals surface area contributed by atoms with E-state index in [0.29, 0.717) is 19.5 Å². The van der Waals surface area contributed by atoms with Gasteiger partial charge in [-0.15, -0.1) is 0 Å². The van der Waals surface area contributed by atoms with Crippen LogP contribution in [0.2, 0.25) is 0 Å². The number of aromatic nitrogens is 2. The van der Waals surface area contributed by atoms with Gasteiger partial charge in [0.05, 0.1) is 18.5 Å². The van der Waals surface area contributed by atoms with Crippen LogP contribution in [0.4, 0.5) is 0 Å². The molecule has 1 atom stereocenters. The van der Waals surface area contributed by atoms with Gasteiger partial charge in [-0.2, -0.15) is 5.10 Å². The summed E-state index contributed by atoms with van der Waals surface area (Å²) >= 11 is 0. The molecule has 0 fully saturated rings. The van der Waals surface area contributed by atoms with Crippen molar-refractivity contribution >= 4 is 15.9 Å². The van der Waals surface area contributed by atoms with Crippen molar-refractivity contribution in [1.82, 2.24) is 19.4 Å². The van der Waals surface area contributed by atoms with E-state index in [0.717, 1.165) is 36.8 Å². The molecule has 0 saturated carbocycles. The highest BCUT2D eigenvalue weighted by molar-refractivity contribution is 7.88. The third-order valence-electron chi connectivity index (χ3n) is 4.41. The van der Waals surface area contributed by atoms with E-state index in [9.17, 15) is 13.2 Å². The fraction of sp³-hybridized carbons (Fsp3) is 0.600. The van der Waals surface area contributed by atoms with Gasteiger partial charge in [0.25, 0.3) is 0 Å². The van der Waals surface area contributed by atoms with Crippen LogP contribution in [0, 0.1) is 0 Å². The molecule has 0 aromatic carbocycles. The summed E-state index contributed by atoms with van der Waals surface area (Å²) in [6.07, 6.45) is 8.32. The van der Waals surface area contributed by atoms with E-state index in [1.54, 1.807) is 11.1 Å². The molecule has 0 saturated heterocycles. The smallest absolute Gasteiger partial charge is 0.250 e. The number of hydrogen-bond donors (Lipinski definition) is 1. The SMILES string of the molecule is CS(=O)(=O)NC[C@H]1CCn2nccc2CN1C(=O)C1=CCCC1. The van der Waals surface area contributed by atoms with Gasteiger partial charge in [-0.05, 0) is 31.7 Å². The van der Waals surface area contributed by atoms with Crippen molar-refractivity contribution in [2.75, 3.05) is 12.8 Å². The Morgan fingerprint density at radius 2 is 2.30 bits per heavy atom. The molecular weight excluding hydrogens is 316 g/mol. The van der Waals surface area contributed by atoms with E-state index in [1.165, 1.54) is 0 Å². The highest BCUT2D eigenvalue weighted by Crippen LogP contribution is 2.24. The van der Waals surface area contributed by atoms with Crippen LogP contribution in [-0.2, 0) is 27.9 Å². The van der Waals surface area contributed by atoms with Gasteiger partial charge >= 0.3 is 0 Å². The molecular formula is C15H22N4O3S. The van der Waals surface area contributed by atoms with Gasteiger partial charge < -0.3 is 4.90 Å². The number of aryl methyl sites for hydroxylation is 1. The Hall–Kier alpha value is -1.67. The minimum absolute atomic E-state index is 0.0254. The Labute approximate surface area is 136 Å². The average Bonchev–Trinajstić information content (AvgIpc) is 3.13. The number of allylic oxidation sites excluding steroid dienone is 1. The number of nitrogens with one attached hydrogen (secondary N) is 1. The number of hydrogen-bond acceptors (Lipinski definition) is 4. The maximum atomic E-state index is 12.9.